The van der Waals surface area contributed by atoms with Gasteiger partial charge >= 0.3 is 0 Å². The van der Waals surface area contributed by atoms with Crippen LogP contribution in [0, 0.1) is 12.8 Å². The van der Waals surface area contributed by atoms with Crippen molar-refractivity contribution in [1.82, 2.24) is 0 Å². The molecular formula is C11H10BrCl2NO. The fourth-order valence-corrected chi connectivity index (χ4v) is 2.20. The fourth-order valence-electron chi connectivity index (χ4n) is 1.45. The molecule has 1 amide bonds. The molecule has 1 aliphatic carbocycles. The van der Waals surface area contributed by atoms with Crippen molar-refractivity contribution < 1.29 is 4.79 Å². The highest BCUT2D eigenvalue weighted by molar-refractivity contribution is 9.10. The lowest BCUT2D eigenvalue weighted by Gasteiger charge is -2.07. The van der Waals surface area contributed by atoms with Gasteiger partial charge in [0, 0.05) is 10.2 Å². The molecule has 1 saturated carbocycles. The maximum absolute atomic E-state index is 11.7. The Hall–Kier alpha value is -0.250. The molecule has 1 aromatic rings. The Balaban J connectivity index is 2.05. The first-order valence-electron chi connectivity index (χ1n) is 4.85. The second-order valence-corrected chi connectivity index (χ2v) is 6.37. The van der Waals surface area contributed by atoms with Crippen molar-refractivity contribution >= 4 is 50.7 Å². The van der Waals surface area contributed by atoms with Gasteiger partial charge in [0.05, 0.1) is 5.92 Å². The molecule has 0 aliphatic heterocycles. The van der Waals surface area contributed by atoms with Crippen LogP contribution in [0.4, 0.5) is 5.69 Å². The molecule has 1 N–H and O–H groups in total. The molecule has 1 aliphatic rings. The lowest BCUT2D eigenvalue weighted by atomic mass is 10.2. The first-order chi connectivity index (χ1) is 7.40. The van der Waals surface area contributed by atoms with E-state index in [1.54, 1.807) is 0 Å². The summed E-state index contributed by atoms with van der Waals surface area (Å²) in [7, 11) is 0. The number of benzene rings is 1. The topological polar surface area (TPSA) is 29.1 Å². The van der Waals surface area contributed by atoms with Crippen LogP contribution in [0.25, 0.3) is 0 Å². The van der Waals surface area contributed by atoms with Gasteiger partial charge in [-0.1, -0.05) is 15.9 Å². The third kappa shape index (κ3) is 2.53. The maximum Gasteiger partial charge on any atom is 0.230 e. The van der Waals surface area contributed by atoms with Gasteiger partial charge in [0.15, 0.2) is 0 Å². The van der Waals surface area contributed by atoms with Gasteiger partial charge in [0.2, 0.25) is 5.91 Å². The quantitative estimate of drug-likeness (QED) is 0.822. The van der Waals surface area contributed by atoms with Crippen LogP contribution in [0.3, 0.4) is 0 Å². The number of aryl methyl sites for hydroxylation is 1. The summed E-state index contributed by atoms with van der Waals surface area (Å²) >= 11 is 15.0. The monoisotopic (exact) mass is 321 g/mol. The van der Waals surface area contributed by atoms with Crippen molar-refractivity contribution in [1.29, 1.82) is 0 Å². The van der Waals surface area contributed by atoms with Gasteiger partial charge in [-0.15, -0.1) is 23.2 Å². The summed E-state index contributed by atoms with van der Waals surface area (Å²) in [6.07, 6.45) is 0.525. The lowest BCUT2D eigenvalue weighted by Crippen LogP contribution is -2.16. The summed E-state index contributed by atoms with van der Waals surface area (Å²) in [6.45, 7) is 1.96. The number of hydrogen-bond acceptors (Lipinski definition) is 1. The summed E-state index contributed by atoms with van der Waals surface area (Å²) in [5, 5.41) is 2.80. The van der Waals surface area contributed by atoms with Crippen molar-refractivity contribution in [3.63, 3.8) is 0 Å². The summed E-state index contributed by atoms with van der Waals surface area (Å²) in [6, 6.07) is 5.63. The molecule has 0 unspecified atom stereocenters. The van der Waals surface area contributed by atoms with Gasteiger partial charge < -0.3 is 5.32 Å². The predicted octanol–water partition coefficient (Wildman–Crippen LogP) is 3.89. The molecule has 1 fully saturated rings. The zero-order valence-corrected chi connectivity index (χ0v) is 11.7. The Morgan fingerprint density at radius 2 is 2.19 bits per heavy atom. The molecular weight excluding hydrogens is 313 g/mol. The largest absolute Gasteiger partial charge is 0.326 e. The molecule has 2 rings (SSSR count). The average Bonchev–Trinajstić information content (AvgIpc) is 2.82. The SMILES string of the molecule is Cc1cc(NC(=O)[C@@H]2CC2(Cl)Cl)ccc1Br. The van der Waals surface area contributed by atoms with Crippen LogP contribution in [0.5, 0.6) is 0 Å². The van der Waals surface area contributed by atoms with E-state index in [0.717, 1.165) is 15.7 Å². The Labute approximate surface area is 112 Å². The van der Waals surface area contributed by atoms with Crippen LogP contribution in [0.1, 0.15) is 12.0 Å². The van der Waals surface area contributed by atoms with Crippen molar-refractivity contribution in [2.75, 3.05) is 5.32 Å². The summed E-state index contributed by atoms with van der Waals surface area (Å²) in [4.78, 5) is 11.7. The highest BCUT2D eigenvalue weighted by Crippen LogP contribution is 2.53. The number of halogens is 3. The molecule has 0 heterocycles. The van der Waals surface area contributed by atoms with Crippen LogP contribution in [0.15, 0.2) is 22.7 Å². The van der Waals surface area contributed by atoms with Gasteiger partial charge in [-0.2, -0.15) is 0 Å². The van der Waals surface area contributed by atoms with E-state index in [0.29, 0.717) is 6.42 Å². The summed E-state index contributed by atoms with van der Waals surface area (Å²) in [5.74, 6) is -0.411. The second-order valence-electron chi connectivity index (χ2n) is 3.97. The van der Waals surface area contributed by atoms with Crippen molar-refractivity contribution in [3.05, 3.63) is 28.2 Å². The first kappa shape index (κ1) is 12.2. The highest BCUT2D eigenvalue weighted by atomic mass is 79.9. The standard InChI is InChI=1S/C11H10BrCl2NO/c1-6-4-7(2-3-9(6)12)15-10(16)8-5-11(8,13)14/h2-4,8H,5H2,1H3,(H,15,16)/t8-/m0/s1. The molecule has 0 spiro atoms. The van der Waals surface area contributed by atoms with E-state index in [9.17, 15) is 4.79 Å². The van der Waals surface area contributed by atoms with Crippen LogP contribution < -0.4 is 5.32 Å². The van der Waals surface area contributed by atoms with Crippen molar-refractivity contribution in [2.45, 2.75) is 17.7 Å². The summed E-state index contributed by atoms with van der Waals surface area (Å²) in [5.41, 5.74) is 1.83. The lowest BCUT2D eigenvalue weighted by molar-refractivity contribution is -0.117. The predicted molar refractivity (Wildman–Crippen MR) is 70.1 cm³/mol. The van der Waals surface area contributed by atoms with E-state index in [1.807, 2.05) is 25.1 Å². The number of alkyl halides is 2. The molecule has 5 heteroatoms. The highest BCUT2D eigenvalue weighted by Gasteiger charge is 2.56. The minimum Gasteiger partial charge on any atom is -0.326 e. The summed E-state index contributed by atoms with van der Waals surface area (Å²) < 4.78 is 0.148. The third-order valence-corrected chi connectivity index (χ3v) is 4.29. The van der Waals surface area contributed by atoms with E-state index < -0.39 is 4.33 Å². The van der Waals surface area contributed by atoms with Gasteiger partial charge in [-0.25, -0.2) is 0 Å². The zero-order chi connectivity index (χ0) is 11.9. The Morgan fingerprint density at radius 3 is 2.69 bits per heavy atom. The van der Waals surface area contributed by atoms with Crippen molar-refractivity contribution in [2.24, 2.45) is 5.92 Å². The molecule has 0 saturated heterocycles. The maximum atomic E-state index is 11.7. The van der Waals surface area contributed by atoms with Crippen LogP contribution >= 0.6 is 39.1 Å². The van der Waals surface area contributed by atoms with Gasteiger partial charge in [-0.3, -0.25) is 4.79 Å². The molecule has 2 nitrogen and oxygen atoms in total. The number of amides is 1. The minimum atomic E-state index is -0.867. The van der Waals surface area contributed by atoms with E-state index in [4.69, 9.17) is 23.2 Å². The number of rotatable bonds is 2. The Kier molecular flexibility index (Phi) is 3.21. The number of nitrogens with one attached hydrogen (secondary N) is 1. The Bertz CT molecular complexity index is 448. The molecule has 86 valence electrons. The number of carbonyl (C=O) groups is 1. The molecule has 0 bridgehead atoms. The zero-order valence-electron chi connectivity index (χ0n) is 8.56. The third-order valence-electron chi connectivity index (χ3n) is 2.57. The second kappa shape index (κ2) is 4.21. The molecule has 0 aromatic heterocycles. The number of anilines is 1. The molecule has 1 atom stereocenters. The van der Waals surface area contributed by atoms with Gasteiger partial charge in [0.25, 0.3) is 0 Å². The first-order valence-corrected chi connectivity index (χ1v) is 6.40. The van der Waals surface area contributed by atoms with Crippen LogP contribution in [-0.4, -0.2) is 10.2 Å². The average molecular weight is 323 g/mol. The Morgan fingerprint density at radius 1 is 1.56 bits per heavy atom. The van der Waals surface area contributed by atoms with Gasteiger partial charge in [-0.05, 0) is 37.1 Å². The molecule has 0 radical (unpaired) electrons. The van der Waals surface area contributed by atoms with E-state index in [2.05, 4.69) is 21.2 Å². The van der Waals surface area contributed by atoms with Gasteiger partial charge in [0.1, 0.15) is 4.33 Å². The van der Waals surface area contributed by atoms with Crippen LogP contribution in [0.2, 0.25) is 0 Å². The molecule has 16 heavy (non-hydrogen) atoms. The van der Waals surface area contributed by atoms with E-state index in [-0.39, 0.29) is 11.8 Å². The number of hydrogen-bond donors (Lipinski definition) is 1. The fraction of sp³-hybridized carbons (Fsp3) is 0.364. The smallest absolute Gasteiger partial charge is 0.230 e. The van der Waals surface area contributed by atoms with Crippen molar-refractivity contribution in [3.8, 4) is 0 Å². The normalized spacial score (nSPS) is 21.6. The number of carbonyl (C=O) groups excluding carboxylic acids is 1. The van der Waals surface area contributed by atoms with Crippen LogP contribution in [-0.2, 0) is 4.79 Å². The minimum absolute atomic E-state index is 0.119. The molecule has 1 aromatic carbocycles. The van der Waals surface area contributed by atoms with E-state index >= 15 is 0 Å². The van der Waals surface area contributed by atoms with E-state index in [1.165, 1.54) is 0 Å².